The number of aliphatic hydroxyl groups excluding tert-OH is 2. The van der Waals surface area contributed by atoms with Crippen LogP contribution in [-0.2, 0) is 9.94 Å². The molecular weight excluding hydrogens is 210 g/mol. The van der Waals surface area contributed by atoms with E-state index in [1.807, 2.05) is 18.2 Å². The first-order valence-corrected chi connectivity index (χ1v) is 5.08. The molecule has 5 nitrogen and oxygen atoms in total. The third kappa shape index (κ3) is 1.73. The minimum Gasteiger partial charge on any atom is -0.394 e. The lowest BCUT2D eigenvalue weighted by Crippen LogP contribution is -2.50. The predicted octanol–water partition coefficient (Wildman–Crippen LogP) is 0.0863. The van der Waals surface area contributed by atoms with Crippen molar-refractivity contribution in [2.45, 2.75) is 11.8 Å². The molecule has 0 aliphatic carbocycles. The van der Waals surface area contributed by atoms with Gasteiger partial charge >= 0.3 is 0 Å². The highest BCUT2D eigenvalue weighted by Gasteiger charge is 2.48. The Bertz CT molecular complexity index is 339. The lowest BCUT2D eigenvalue weighted by Gasteiger charge is -2.28. The van der Waals surface area contributed by atoms with Crippen LogP contribution in [-0.4, -0.2) is 40.6 Å². The van der Waals surface area contributed by atoms with E-state index < -0.39 is 25.0 Å². The van der Waals surface area contributed by atoms with Crippen LogP contribution in [0.15, 0.2) is 30.3 Å². The zero-order chi connectivity index (χ0) is 11.6. The summed E-state index contributed by atoms with van der Waals surface area (Å²) in [5.41, 5.74) is -0.498. The van der Waals surface area contributed by atoms with E-state index in [1.165, 1.54) is 0 Å². The van der Waals surface area contributed by atoms with E-state index in [2.05, 4.69) is 0 Å². The van der Waals surface area contributed by atoms with E-state index in [1.54, 1.807) is 12.1 Å². The maximum atomic E-state index is 12.0. The van der Waals surface area contributed by atoms with E-state index in [9.17, 15) is 5.21 Å². The maximum Gasteiger partial charge on any atom is 0.162 e. The fourth-order valence-electron chi connectivity index (χ4n) is 1.74. The summed E-state index contributed by atoms with van der Waals surface area (Å²) in [5.74, 6) is 0. The highest BCUT2D eigenvalue weighted by molar-refractivity contribution is 5.18. The quantitative estimate of drug-likeness (QED) is 0.763. The standard InChI is InChI=1S/C11H14NO4/c13-6-11(7-14)8-16-10(12(11)15)9-4-2-1-3-5-9/h1-5,10,13-14H,6-8H2. The van der Waals surface area contributed by atoms with Gasteiger partial charge in [0, 0.05) is 0 Å². The van der Waals surface area contributed by atoms with Gasteiger partial charge in [-0.3, -0.25) is 0 Å². The zero-order valence-electron chi connectivity index (χ0n) is 8.74. The molecular formula is C11H14NO4. The maximum absolute atomic E-state index is 12.0. The average Bonchev–Trinajstić information content (AvgIpc) is 2.68. The Kier molecular flexibility index (Phi) is 3.22. The Hall–Kier alpha value is -0.980. The number of aliphatic hydroxyl groups is 2. The van der Waals surface area contributed by atoms with Crippen LogP contribution in [0.1, 0.15) is 11.8 Å². The first-order chi connectivity index (χ1) is 7.73. The van der Waals surface area contributed by atoms with Crippen molar-refractivity contribution in [2.75, 3.05) is 19.8 Å². The molecule has 1 heterocycles. The van der Waals surface area contributed by atoms with Gasteiger partial charge in [0.15, 0.2) is 6.23 Å². The summed E-state index contributed by atoms with van der Waals surface area (Å²) in [4.78, 5) is 0. The summed E-state index contributed by atoms with van der Waals surface area (Å²) in [7, 11) is 0. The van der Waals surface area contributed by atoms with Crippen molar-refractivity contribution >= 4 is 0 Å². The second kappa shape index (κ2) is 4.48. The molecule has 0 amide bonds. The van der Waals surface area contributed by atoms with Crippen molar-refractivity contribution in [3.8, 4) is 0 Å². The van der Waals surface area contributed by atoms with Gasteiger partial charge in [-0.2, -0.15) is 0 Å². The molecule has 1 aromatic carbocycles. The lowest BCUT2D eigenvalue weighted by molar-refractivity contribution is -0.262. The number of benzene rings is 1. The third-order valence-electron chi connectivity index (χ3n) is 2.86. The summed E-state index contributed by atoms with van der Waals surface area (Å²) in [6.45, 7) is -0.810. The Morgan fingerprint density at radius 1 is 1.31 bits per heavy atom. The predicted molar refractivity (Wildman–Crippen MR) is 54.6 cm³/mol. The summed E-state index contributed by atoms with van der Waals surface area (Å²) in [6.07, 6.45) is -0.750. The number of hydrogen-bond acceptors (Lipinski definition) is 4. The van der Waals surface area contributed by atoms with Gasteiger partial charge in [0.2, 0.25) is 0 Å². The lowest BCUT2D eigenvalue weighted by atomic mass is 10.0. The molecule has 1 aliphatic rings. The molecule has 16 heavy (non-hydrogen) atoms. The van der Waals surface area contributed by atoms with Gasteiger partial charge in [0.1, 0.15) is 5.54 Å². The normalized spacial score (nSPS) is 24.8. The summed E-state index contributed by atoms with van der Waals surface area (Å²) < 4.78 is 5.34. The van der Waals surface area contributed by atoms with E-state index >= 15 is 0 Å². The van der Waals surface area contributed by atoms with E-state index in [-0.39, 0.29) is 6.61 Å². The average molecular weight is 224 g/mol. The molecule has 0 saturated carbocycles. The van der Waals surface area contributed by atoms with Crippen LogP contribution < -0.4 is 0 Å². The van der Waals surface area contributed by atoms with E-state index in [4.69, 9.17) is 14.9 Å². The second-order valence-electron chi connectivity index (χ2n) is 3.94. The molecule has 1 atom stereocenters. The minimum absolute atomic E-state index is 0.0308. The Morgan fingerprint density at radius 3 is 2.44 bits per heavy atom. The fourth-order valence-corrected chi connectivity index (χ4v) is 1.74. The molecule has 5 heteroatoms. The third-order valence-corrected chi connectivity index (χ3v) is 2.86. The van der Waals surface area contributed by atoms with Crippen LogP contribution in [0.4, 0.5) is 0 Å². The van der Waals surface area contributed by atoms with Gasteiger partial charge in [-0.25, -0.2) is 0 Å². The first-order valence-electron chi connectivity index (χ1n) is 5.08. The van der Waals surface area contributed by atoms with Crippen molar-refractivity contribution in [3.63, 3.8) is 0 Å². The van der Waals surface area contributed by atoms with Crippen molar-refractivity contribution < 1.29 is 20.2 Å². The molecule has 0 spiro atoms. The van der Waals surface area contributed by atoms with Gasteiger partial charge in [0.05, 0.1) is 19.8 Å². The highest BCUT2D eigenvalue weighted by atomic mass is 16.6. The summed E-state index contributed by atoms with van der Waals surface area (Å²) in [5, 5.41) is 30.9. The smallest absolute Gasteiger partial charge is 0.162 e. The Morgan fingerprint density at radius 2 is 1.94 bits per heavy atom. The van der Waals surface area contributed by atoms with Crippen molar-refractivity contribution in [1.29, 1.82) is 0 Å². The van der Waals surface area contributed by atoms with Gasteiger partial charge in [-0.05, 0) is 5.56 Å². The molecule has 1 saturated heterocycles. The topological polar surface area (TPSA) is 72.8 Å². The minimum atomic E-state index is -1.22. The monoisotopic (exact) mass is 224 g/mol. The zero-order valence-corrected chi connectivity index (χ0v) is 8.74. The fraction of sp³-hybridized carbons (Fsp3) is 0.455. The van der Waals surface area contributed by atoms with Crippen LogP contribution in [0.3, 0.4) is 0 Å². The largest absolute Gasteiger partial charge is 0.394 e. The molecule has 1 aromatic rings. The van der Waals surface area contributed by atoms with E-state index in [0.29, 0.717) is 5.06 Å². The first kappa shape index (κ1) is 11.5. The summed E-state index contributed by atoms with van der Waals surface area (Å²) in [6, 6.07) is 9.02. The van der Waals surface area contributed by atoms with Gasteiger partial charge in [-0.1, -0.05) is 30.3 Å². The van der Waals surface area contributed by atoms with Gasteiger partial charge < -0.3 is 14.9 Å². The Balaban J connectivity index is 2.22. The van der Waals surface area contributed by atoms with Crippen LogP contribution in [0.25, 0.3) is 0 Å². The Labute approximate surface area is 93.5 Å². The van der Waals surface area contributed by atoms with Crippen LogP contribution in [0.5, 0.6) is 0 Å². The molecule has 2 rings (SSSR count). The molecule has 87 valence electrons. The molecule has 0 aromatic heterocycles. The van der Waals surface area contributed by atoms with Crippen LogP contribution >= 0.6 is 0 Å². The molecule has 1 radical (unpaired) electrons. The van der Waals surface area contributed by atoms with Crippen LogP contribution in [0, 0.1) is 0 Å². The second-order valence-corrected chi connectivity index (χ2v) is 3.94. The number of hydrogen-bond donors (Lipinski definition) is 2. The SMILES string of the molecule is [O]N1C(c2ccccc2)OCC1(CO)CO. The van der Waals surface area contributed by atoms with Gasteiger partial charge in [0.25, 0.3) is 0 Å². The molecule has 1 aliphatic heterocycles. The summed E-state index contributed by atoms with van der Waals surface area (Å²) >= 11 is 0. The molecule has 2 N–H and O–H groups in total. The highest BCUT2D eigenvalue weighted by Crippen LogP contribution is 2.35. The molecule has 1 unspecified atom stereocenters. The van der Waals surface area contributed by atoms with Crippen molar-refractivity contribution in [2.24, 2.45) is 0 Å². The van der Waals surface area contributed by atoms with Crippen molar-refractivity contribution in [1.82, 2.24) is 5.06 Å². The van der Waals surface area contributed by atoms with Gasteiger partial charge in [-0.15, -0.1) is 10.3 Å². The van der Waals surface area contributed by atoms with Crippen LogP contribution in [0.2, 0.25) is 0 Å². The number of nitrogens with zero attached hydrogens (tertiary/aromatic N) is 1. The molecule has 1 fully saturated rings. The van der Waals surface area contributed by atoms with Crippen molar-refractivity contribution in [3.05, 3.63) is 35.9 Å². The number of ether oxygens (including phenoxy) is 1. The van der Waals surface area contributed by atoms with E-state index in [0.717, 1.165) is 5.56 Å². The molecule has 0 bridgehead atoms. The number of hydroxylamine groups is 2. The number of rotatable bonds is 3.